The SMILES string of the molecule is C/C=C/CCNCc1ccc(Cl)o1. The van der Waals surface area contributed by atoms with Crippen LogP contribution in [0.3, 0.4) is 0 Å². The summed E-state index contributed by atoms with van der Waals surface area (Å²) in [5.41, 5.74) is 0. The van der Waals surface area contributed by atoms with E-state index in [1.807, 2.05) is 19.1 Å². The van der Waals surface area contributed by atoms with Gasteiger partial charge in [-0.3, -0.25) is 0 Å². The first-order valence-electron chi connectivity index (χ1n) is 4.39. The second-order valence-corrected chi connectivity index (χ2v) is 3.11. The summed E-state index contributed by atoms with van der Waals surface area (Å²) in [6.07, 6.45) is 5.22. The molecule has 1 aromatic heterocycles. The maximum absolute atomic E-state index is 5.62. The van der Waals surface area contributed by atoms with Crippen molar-refractivity contribution in [2.75, 3.05) is 6.54 Å². The minimum Gasteiger partial charge on any atom is -0.448 e. The molecule has 13 heavy (non-hydrogen) atoms. The number of rotatable bonds is 5. The summed E-state index contributed by atoms with van der Waals surface area (Å²) >= 11 is 5.62. The van der Waals surface area contributed by atoms with E-state index in [2.05, 4.69) is 11.4 Å². The summed E-state index contributed by atoms with van der Waals surface area (Å²) in [6, 6.07) is 3.63. The van der Waals surface area contributed by atoms with Crippen molar-refractivity contribution in [3.63, 3.8) is 0 Å². The molecule has 0 saturated heterocycles. The van der Waals surface area contributed by atoms with Crippen molar-refractivity contribution >= 4 is 11.6 Å². The van der Waals surface area contributed by atoms with Crippen LogP contribution < -0.4 is 5.32 Å². The van der Waals surface area contributed by atoms with E-state index in [1.54, 1.807) is 6.07 Å². The fourth-order valence-corrected chi connectivity index (χ4v) is 1.17. The smallest absolute Gasteiger partial charge is 0.193 e. The van der Waals surface area contributed by atoms with Crippen molar-refractivity contribution < 1.29 is 4.42 Å². The van der Waals surface area contributed by atoms with Crippen molar-refractivity contribution in [2.24, 2.45) is 0 Å². The lowest BCUT2D eigenvalue weighted by molar-refractivity contribution is 0.486. The minimum absolute atomic E-state index is 0.449. The van der Waals surface area contributed by atoms with Gasteiger partial charge in [-0.1, -0.05) is 12.2 Å². The molecule has 0 atom stereocenters. The van der Waals surface area contributed by atoms with Crippen molar-refractivity contribution in [3.05, 3.63) is 35.3 Å². The van der Waals surface area contributed by atoms with E-state index < -0.39 is 0 Å². The Morgan fingerprint density at radius 2 is 2.38 bits per heavy atom. The molecule has 1 N–H and O–H groups in total. The highest BCUT2D eigenvalue weighted by Gasteiger charge is 1.97. The molecule has 0 amide bonds. The Labute approximate surface area is 83.6 Å². The predicted octanol–water partition coefficient (Wildman–Crippen LogP) is 2.99. The predicted molar refractivity (Wildman–Crippen MR) is 54.9 cm³/mol. The molecular formula is C10H14ClNO. The Hall–Kier alpha value is -0.730. The lowest BCUT2D eigenvalue weighted by atomic mass is 10.3. The minimum atomic E-state index is 0.449. The Bertz CT molecular complexity index is 268. The number of halogens is 1. The standard InChI is InChI=1S/C10H14ClNO/c1-2-3-4-7-12-8-9-5-6-10(11)13-9/h2-3,5-6,12H,4,7-8H2,1H3/b3-2+. The molecule has 3 heteroatoms. The lowest BCUT2D eigenvalue weighted by Crippen LogP contribution is -2.13. The van der Waals surface area contributed by atoms with Gasteiger partial charge in [0.15, 0.2) is 5.22 Å². The maximum Gasteiger partial charge on any atom is 0.193 e. The van der Waals surface area contributed by atoms with Crippen LogP contribution in [0.1, 0.15) is 19.1 Å². The molecule has 1 heterocycles. The molecule has 0 spiro atoms. The summed E-state index contributed by atoms with van der Waals surface area (Å²) in [4.78, 5) is 0. The van der Waals surface area contributed by atoms with Crippen molar-refractivity contribution in [1.82, 2.24) is 5.32 Å². The van der Waals surface area contributed by atoms with Gasteiger partial charge < -0.3 is 9.73 Å². The van der Waals surface area contributed by atoms with Crippen LogP contribution >= 0.6 is 11.6 Å². The van der Waals surface area contributed by atoms with Crippen LogP contribution in [0, 0.1) is 0 Å². The number of allylic oxidation sites excluding steroid dienone is 1. The first kappa shape index (κ1) is 10.4. The molecule has 0 aliphatic carbocycles. The van der Waals surface area contributed by atoms with Gasteiger partial charge in [-0.15, -0.1) is 0 Å². The highest BCUT2D eigenvalue weighted by Crippen LogP contribution is 2.12. The van der Waals surface area contributed by atoms with Crippen LogP contribution in [-0.2, 0) is 6.54 Å². The zero-order chi connectivity index (χ0) is 9.52. The number of furan rings is 1. The van der Waals surface area contributed by atoms with Crippen molar-refractivity contribution in [2.45, 2.75) is 19.9 Å². The Morgan fingerprint density at radius 3 is 3.00 bits per heavy atom. The zero-order valence-electron chi connectivity index (χ0n) is 7.72. The molecule has 0 saturated carbocycles. The molecule has 2 nitrogen and oxygen atoms in total. The number of hydrogen-bond donors (Lipinski definition) is 1. The molecule has 0 aliphatic rings. The van der Waals surface area contributed by atoms with E-state index >= 15 is 0 Å². The van der Waals surface area contributed by atoms with Crippen LogP contribution in [0.4, 0.5) is 0 Å². The van der Waals surface area contributed by atoms with Gasteiger partial charge in [0, 0.05) is 0 Å². The van der Waals surface area contributed by atoms with Crippen LogP contribution in [0.2, 0.25) is 5.22 Å². The molecule has 0 unspecified atom stereocenters. The van der Waals surface area contributed by atoms with Gasteiger partial charge in [-0.05, 0) is 43.6 Å². The number of nitrogens with one attached hydrogen (secondary N) is 1. The average molecular weight is 200 g/mol. The molecule has 0 aliphatic heterocycles. The molecule has 0 radical (unpaired) electrons. The van der Waals surface area contributed by atoms with E-state index in [4.69, 9.17) is 16.0 Å². The Morgan fingerprint density at radius 1 is 1.54 bits per heavy atom. The van der Waals surface area contributed by atoms with Crippen LogP contribution in [-0.4, -0.2) is 6.54 Å². The number of hydrogen-bond acceptors (Lipinski definition) is 2. The van der Waals surface area contributed by atoms with E-state index in [1.165, 1.54) is 0 Å². The van der Waals surface area contributed by atoms with Gasteiger partial charge >= 0.3 is 0 Å². The van der Waals surface area contributed by atoms with E-state index in [0.29, 0.717) is 5.22 Å². The molecule has 0 fully saturated rings. The second-order valence-electron chi connectivity index (χ2n) is 2.74. The van der Waals surface area contributed by atoms with E-state index in [9.17, 15) is 0 Å². The highest BCUT2D eigenvalue weighted by molar-refractivity contribution is 6.28. The topological polar surface area (TPSA) is 25.2 Å². The fraction of sp³-hybridized carbons (Fsp3) is 0.400. The molecule has 1 aromatic rings. The Balaban J connectivity index is 2.13. The third-order valence-electron chi connectivity index (χ3n) is 1.65. The third kappa shape index (κ3) is 4.15. The van der Waals surface area contributed by atoms with Gasteiger partial charge in [0.05, 0.1) is 6.54 Å². The molecule has 0 aromatic carbocycles. The molecule has 0 bridgehead atoms. The van der Waals surface area contributed by atoms with Gasteiger partial charge in [0.1, 0.15) is 5.76 Å². The van der Waals surface area contributed by atoms with E-state index in [-0.39, 0.29) is 0 Å². The largest absolute Gasteiger partial charge is 0.448 e. The van der Waals surface area contributed by atoms with Gasteiger partial charge in [0.25, 0.3) is 0 Å². The molecular weight excluding hydrogens is 186 g/mol. The zero-order valence-corrected chi connectivity index (χ0v) is 8.47. The van der Waals surface area contributed by atoms with Crippen LogP contribution in [0.25, 0.3) is 0 Å². The third-order valence-corrected chi connectivity index (χ3v) is 1.85. The maximum atomic E-state index is 5.62. The normalized spacial score (nSPS) is 11.2. The summed E-state index contributed by atoms with van der Waals surface area (Å²) in [6.45, 7) is 3.72. The summed E-state index contributed by atoms with van der Waals surface area (Å²) in [5.74, 6) is 0.880. The first-order valence-corrected chi connectivity index (χ1v) is 4.77. The monoisotopic (exact) mass is 199 g/mol. The van der Waals surface area contributed by atoms with Gasteiger partial charge in [0.2, 0.25) is 0 Å². The summed E-state index contributed by atoms with van der Waals surface area (Å²) in [5, 5.41) is 3.70. The average Bonchev–Trinajstić information content (AvgIpc) is 2.51. The van der Waals surface area contributed by atoms with Gasteiger partial charge in [-0.25, -0.2) is 0 Å². The molecule has 72 valence electrons. The van der Waals surface area contributed by atoms with Gasteiger partial charge in [-0.2, -0.15) is 0 Å². The summed E-state index contributed by atoms with van der Waals surface area (Å²) < 4.78 is 5.17. The second kappa shape index (κ2) is 5.84. The van der Waals surface area contributed by atoms with Crippen molar-refractivity contribution in [3.8, 4) is 0 Å². The Kier molecular flexibility index (Phi) is 4.65. The van der Waals surface area contributed by atoms with Crippen molar-refractivity contribution in [1.29, 1.82) is 0 Å². The van der Waals surface area contributed by atoms with Crippen LogP contribution in [0.15, 0.2) is 28.7 Å². The molecule has 1 rings (SSSR count). The summed E-state index contributed by atoms with van der Waals surface area (Å²) in [7, 11) is 0. The highest BCUT2D eigenvalue weighted by atomic mass is 35.5. The van der Waals surface area contributed by atoms with Crippen LogP contribution in [0.5, 0.6) is 0 Å². The fourth-order valence-electron chi connectivity index (χ4n) is 1.01. The lowest BCUT2D eigenvalue weighted by Gasteiger charge is -1.98. The quantitative estimate of drug-likeness (QED) is 0.583. The van der Waals surface area contributed by atoms with E-state index in [0.717, 1.165) is 25.3 Å². The first-order chi connectivity index (χ1) is 6.33.